The minimum absolute atomic E-state index is 0.454. The van der Waals surface area contributed by atoms with Crippen molar-refractivity contribution in [2.75, 3.05) is 19.8 Å². The van der Waals surface area contributed by atoms with Crippen LogP contribution >= 0.6 is 0 Å². The van der Waals surface area contributed by atoms with Crippen LogP contribution in [-0.4, -0.2) is 24.7 Å². The zero-order chi connectivity index (χ0) is 12.8. The van der Waals surface area contributed by atoms with E-state index in [-0.39, 0.29) is 0 Å². The molecule has 2 rings (SSSR count). The van der Waals surface area contributed by atoms with Crippen molar-refractivity contribution in [3.05, 3.63) is 29.6 Å². The number of aromatic nitrogens is 1. The highest BCUT2D eigenvalue weighted by atomic mass is 16.5. The first-order valence-electron chi connectivity index (χ1n) is 7.05. The highest BCUT2D eigenvalue weighted by Gasteiger charge is 2.24. The average molecular weight is 248 g/mol. The summed E-state index contributed by atoms with van der Waals surface area (Å²) in [6, 6.07) is 4.81. The normalized spacial score (nSPS) is 18.8. The molecule has 0 aliphatic carbocycles. The summed E-state index contributed by atoms with van der Waals surface area (Å²) in [7, 11) is 0. The Labute approximate surface area is 110 Å². The van der Waals surface area contributed by atoms with Crippen LogP contribution in [0.2, 0.25) is 0 Å². The van der Waals surface area contributed by atoms with Gasteiger partial charge in [0.05, 0.1) is 0 Å². The molecule has 100 valence electrons. The molecule has 0 saturated carbocycles. The summed E-state index contributed by atoms with van der Waals surface area (Å²) in [5, 5.41) is 3.70. The van der Waals surface area contributed by atoms with Gasteiger partial charge in [-0.1, -0.05) is 6.92 Å². The summed E-state index contributed by atoms with van der Waals surface area (Å²) in [5.41, 5.74) is 2.48. The topological polar surface area (TPSA) is 34.2 Å². The van der Waals surface area contributed by atoms with Gasteiger partial charge in [-0.15, -0.1) is 0 Å². The number of nitrogens with zero attached hydrogens (tertiary/aromatic N) is 1. The van der Waals surface area contributed by atoms with E-state index in [1.54, 1.807) is 0 Å². The summed E-state index contributed by atoms with van der Waals surface area (Å²) >= 11 is 0. The van der Waals surface area contributed by atoms with Crippen LogP contribution in [0.25, 0.3) is 0 Å². The van der Waals surface area contributed by atoms with E-state index in [0.29, 0.717) is 12.0 Å². The second-order valence-electron chi connectivity index (χ2n) is 5.11. The number of nitrogens with one attached hydrogen (secondary N) is 1. The molecule has 1 aliphatic rings. The van der Waals surface area contributed by atoms with Gasteiger partial charge in [0.25, 0.3) is 0 Å². The molecule has 0 aromatic carbocycles. The molecule has 0 spiro atoms. The number of pyridine rings is 1. The molecular weight excluding hydrogens is 224 g/mol. The molecule has 18 heavy (non-hydrogen) atoms. The first-order chi connectivity index (χ1) is 8.81. The van der Waals surface area contributed by atoms with Crippen molar-refractivity contribution >= 4 is 0 Å². The van der Waals surface area contributed by atoms with Crippen molar-refractivity contribution in [2.24, 2.45) is 5.92 Å². The van der Waals surface area contributed by atoms with Gasteiger partial charge < -0.3 is 10.1 Å². The maximum atomic E-state index is 5.47. The predicted molar refractivity (Wildman–Crippen MR) is 73.6 cm³/mol. The Balaban J connectivity index is 2.12. The Morgan fingerprint density at radius 1 is 1.44 bits per heavy atom. The summed E-state index contributed by atoms with van der Waals surface area (Å²) in [6.45, 7) is 7.15. The van der Waals surface area contributed by atoms with E-state index >= 15 is 0 Å². The van der Waals surface area contributed by atoms with Crippen LogP contribution in [0.15, 0.2) is 18.3 Å². The lowest BCUT2D eigenvalue weighted by Crippen LogP contribution is -2.32. The molecule has 1 aliphatic heterocycles. The van der Waals surface area contributed by atoms with Gasteiger partial charge in [0.15, 0.2) is 0 Å². The van der Waals surface area contributed by atoms with Crippen LogP contribution in [-0.2, 0) is 4.74 Å². The average Bonchev–Trinajstić information content (AvgIpc) is 2.40. The lowest BCUT2D eigenvalue weighted by molar-refractivity contribution is 0.0536. The Morgan fingerprint density at radius 3 is 2.89 bits per heavy atom. The molecule has 0 bridgehead atoms. The van der Waals surface area contributed by atoms with Crippen molar-refractivity contribution in [1.29, 1.82) is 0 Å². The molecule has 1 saturated heterocycles. The van der Waals surface area contributed by atoms with Gasteiger partial charge in [0, 0.05) is 31.1 Å². The van der Waals surface area contributed by atoms with Gasteiger partial charge in [0.2, 0.25) is 0 Å². The van der Waals surface area contributed by atoms with Gasteiger partial charge in [-0.3, -0.25) is 4.98 Å². The first-order valence-corrected chi connectivity index (χ1v) is 7.05. The van der Waals surface area contributed by atoms with E-state index in [1.807, 2.05) is 6.20 Å². The fourth-order valence-electron chi connectivity index (χ4n) is 2.67. The van der Waals surface area contributed by atoms with Crippen molar-refractivity contribution in [1.82, 2.24) is 10.3 Å². The van der Waals surface area contributed by atoms with E-state index in [1.165, 1.54) is 12.0 Å². The molecule has 0 amide bonds. The van der Waals surface area contributed by atoms with Gasteiger partial charge in [0.1, 0.15) is 0 Å². The Bertz CT molecular complexity index is 361. The van der Waals surface area contributed by atoms with Gasteiger partial charge in [-0.2, -0.15) is 0 Å². The lowest BCUT2D eigenvalue weighted by Gasteiger charge is -2.31. The Morgan fingerprint density at radius 2 is 2.22 bits per heavy atom. The largest absolute Gasteiger partial charge is 0.381 e. The molecule has 0 radical (unpaired) electrons. The van der Waals surface area contributed by atoms with Crippen LogP contribution in [0.4, 0.5) is 0 Å². The van der Waals surface area contributed by atoms with Crippen LogP contribution in [0.1, 0.15) is 43.5 Å². The summed E-state index contributed by atoms with van der Waals surface area (Å²) in [5.74, 6) is 0.687. The molecule has 1 atom stereocenters. The van der Waals surface area contributed by atoms with Crippen molar-refractivity contribution in [2.45, 2.75) is 39.2 Å². The van der Waals surface area contributed by atoms with E-state index in [4.69, 9.17) is 4.74 Å². The Kier molecular flexibility index (Phi) is 5.14. The zero-order valence-electron chi connectivity index (χ0n) is 11.5. The van der Waals surface area contributed by atoms with Gasteiger partial charge in [-0.05, 0) is 56.3 Å². The fraction of sp³-hybridized carbons (Fsp3) is 0.667. The highest BCUT2D eigenvalue weighted by Crippen LogP contribution is 2.30. The van der Waals surface area contributed by atoms with Crippen LogP contribution < -0.4 is 5.32 Å². The second kappa shape index (κ2) is 6.86. The minimum atomic E-state index is 0.454. The highest BCUT2D eigenvalue weighted by molar-refractivity contribution is 5.20. The summed E-state index contributed by atoms with van der Waals surface area (Å²) < 4.78 is 5.47. The third-order valence-electron chi connectivity index (χ3n) is 3.63. The van der Waals surface area contributed by atoms with Gasteiger partial charge >= 0.3 is 0 Å². The monoisotopic (exact) mass is 248 g/mol. The van der Waals surface area contributed by atoms with Crippen molar-refractivity contribution in [3.63, 3.8) is 0 Å². The standard InChI is InChI=1S/C15H24N2O/c1-3-7-17-15(13-5-9-18-10-6-13)14-4-8-16-12(2)11-14/h4,8,11,13,15,17H,3,5-7,9-10H2,1-2H3. The Hall–Kier alpha value is -0.930. The number of hydrogen-bond donors (Lipinski definition) is 1. The number of ether oxygens (including phenoxy) is 1. The maximum Gasteiger partial charge on any atom is 0.0469 e. The molecule has 1 N–H and O–H groups in total. The van der Waals surface area contributed by atoms with Gasteiger partial charge in [-0.25, -0.2) is 0 Å². The molecule has 1 aromatic rings. The van der Waals surface area contributed by atoms with Crippen LogP contribution in [0, 0.1) is 12.8 Å². The van der Waals surface area contributed by atoms with E-state index in [2.05, 4.69) is 36.3 Å². The molecule has 2 heterocycles. The molecule has 1 unspecified atom stereocenters. The quantitative estimate of drug-likeness (QED) is 0.870. The second-order valence-corrected chi connectivity index (χ2v) is 5.11. The van der Waals surface area contributed by atoms with Crippen LogP contribution in [0.3, 0.4) is 0 Å². The minimum Gasteiger partial charge on any atom is -0.381 e. The number of rotatable bonds is 5. The summed E-state index contributed by atoms with van der Waals surface area (Å²) in [6.07, 6.45) is 5.40. The van der Waals surface area contributed by atoms with E-state index in [9.17, 15) is 0 Å². The molecule has 1 aromatic heterocycles. The van der Waals surface area contributed by atoms with E-state index in [0.717, 1.165) is 38.3 Å². The van der Waals surface area contributed by atoms with E-state index < -0.39 is 0 Å². The smallest absolute Gasteiger partial charge is 0.0469 e. The third kappa shape index (κ3) is 3.53. The first kappa shape index (κ1) is 13.5. The number of aryl methyl sites for hydroxylation is 1. The lowest BCUT2D eigenvalue weighted by atomic mass is 9.87. The summed E-state index contributed by atoms with van der Waals surface area (Å²) in [4.78, 5) is 4.30. The molecule has 3 heteroatoms. The van der Waals surface area contributed by atoms with Crippen LogP contribution in [0.5, 0.6) is 0 Å². The predicted octanol–water partition coefficient (Wildman–Crippen LogP) is 2.86. The van der Waals surface area contributed by atoms with Crippen molar-refractivity contribution < 1.29 is 4.74 Å². The third-order valence-corrected chi connectivity index (χ3v) is 3.63. The molecule has 3 nitrogen and oxygen atoms in total. The zero-order valence-corrected chi connectivity index (χ0v) is 11.5. The van der Waals surface area contributed by atoms with Crippen molar-refractivity contribution in [3.8, 4) is 0 Å². The number of hydrogen-bond acceptors (Lipinski definition) is 3. The molecule has 1 fully saturated rings. The molecular formula is C15H24N2O. The SMILES string of the molecule is CCCNC(c1ccnc(C)c1)C1CCOCC1. The maximum absolute atomic E-state index is 5.47. The fourth-order valence-corrected chi connectivity index (χ4v) is 2.67.